The van der Waals surface area contributed by atoms with Gasteiger partial charge in [0, 0.05) is 12.3 Å². The number of alkyl halides is 1. The Bertz CT molecular complexity index is 514. The van der Waals surface area contributed by atoms with Crippen molar-refractivity contribution in [3.63, 3.8) is 0 Å². The first kappa shape index (κ1) is 12.2. The Morgan fingerprint density at radius 1 is 1.22 bits per heavy atom. The first-order valence-corrected chi connectivity index (χ1v) is 5.62. The molecule has 2 rings (SSSR count). The van der Waals surface area contributed by atoms with Gasteiger partial charge in [-0.3, -0.25) is 9.98 Å². The number of pyridine rings is 1. The van der Waals surface area contributed by atoms with Gasteiger partial charge in [-0.15, -0.1) is 0 Å². The van der Waals surface area contributed by atoms with Crippen molar-refractivity contribution in [2.75, 3.05) is 13.3 Å². The molecule has 0 N–H and O–H groups in total. The first-order valence-electron chi connectivity index (χ1n) is 5.62. The average Bonchev–Trinajstić information content (AvgIpc) is 2.44. The predicted octanol–water partition coefficient (Wildman–Crippen LogP) is 3.18. The van der Waals surface area contributed by atoms with Crippen LogP contribution in [-0.4, -0.2) is 24.5 Å². The third kappa shape index (κ3) is 3.66. The molecule has 3 nitrogen and oxygen atoms in total. The van der Waals surface area contributed by atoms with Crippen LogP contribution in [0.2, 0.25) is 0 Å². The van der Waals surface area contributed by atoms with Gasteiger partial charge in [-0.2, -0.15) is 0 Å². The third-order valence-electron chi connectivity index (χ3n) is 2.20. The van der Waals surface area contributed by atoms with Gasteiger partial charge >= 0.3 is 0 Å². The molecule has 0 aliphatic heterocycles. The van der Waals surface area contributed by atoms with E-state index in [4.69, 9.17) is 4.74 Å². The van der Waals surface area contributed by atoms with Crippen molar-refractivity contribution in [1.82, 2.24) is 4.98 Å². The highest BCUT2D eigenvalue weighted by Gasteiger charge is 1.96. The molecular formula is C14H13FN2O. The second kappa shape index (κ2) is 6.49. The van der Waals surface area contributed by atoms with Gasteiger partial charge < -0.3 is 4.74 Å². The fraction of sp³-hybridized carbons (Fsp3) is 0.143. The molecule has 0 saturated heterocycles. The quantitative estimate of drug-likeness (QED) is 0.756. The van der Waals surface area contributed by atoms with Gasteiger partial charge in [0.25, 0.3) is 0 Å². The number of para-hydroxylation sites is 1. The lowest BCUT2D eigenvalue weighted by Crippen LogP contribution is -1.99. The van der Waals surface area contributed by atoms with Crippen molar-refractivity contribution in [3.05, 3.63) is 54.4 Å². The molecule has 4 heteroatoms. The SMILES string of the molecule is [18F]CCOc1ccnc(C=Nc2ccccc2)c1. The van der Waals surface area contributed by atoms with E-state index in [-0.39, 0.29) is 6.61 Å². The molecule has 0 saturated carbocycles. The maximum atomic E-state index is 12.0. The van der Waals surface area contributed by atoms with Gasteiger partial charge in [0.1, 0.15) is 19.0 Å². The van der Waals surface area contributed by atoms with Crippen LogP contribution in [0.3, 0.4) is 0 Å². The molecule has 18 heavy (non-hydrogen) atoms. The molecule has 0 unspecified atom stereocenters. The maximum absolute atomic E-state index is 12.0. The Hall–Kier alpha value is -2.23. The summed E-state index contributed by atoms with van der Waals surface area (Å²) in [6.45, 7) is -0.449. The summed E-state index contributed by atoms with van der Waals surface area (Å²) in [7, 11) is 0. The summed E-state index contributed by atoms with van der Waals surface area (Å²) in [6.07, 6.45) is 3.26. The van der Waals surface area contributed by atoms with E-state index in [9.17, 15) is 4.39 Å². The lowest BCUT2D eigenvalue weighted by atomic mass is 10.3. The summed E-state index contributed by atoms with van der Waals surface area (Å²) in [4.78, 5) is 8.42. The number of halogens is 1. The number of ether oxygens (including phenoxy) is 1. The Kier molecular flexibility index (Phi) is 4.41. The second-order valence-corrected chi connectivity index (χ2v) is 3.55. The van der Waals surface area contributed by atoms with Crippen molar-refractivity contribution >= 4 is 11.9 Å². The van der Waals surface area contributed by atoms with Gasteiger partial charge in [0.15, 0.2) is 0 Å². The standard InChI is InChI=1S/C14H13FN2O/c15-7-9-18-14-6-8-16-13(10-14)11-17-12-4-2-1-3-5-12/h1-6,8,10-11H,7,9H2/i15-1. The summed E-state index contributed by atoms with van der Waals surface area (Å²) in [5.41, 5.74) is 1.53. The monoisotopic (exact) mass is 243 g/mol. The van der Waals surface area contributed by atoms with Crippen LogP contribution in [0.15, 0.2) is 53.7 Å². The number of hydrogen-bond donors (Lipinski definition) is 0. The Morgan fingerprint density at radius 3 is 2.83 bits per heavy atom. The smallest absolute Gasteiger partial charge is 0.123 e. The number of hydrogen-bond acceptors (Lipinski definition) is 3. The molecule has 0 aliphatic rings. The van der Waals surface area contributed by atoms with Crippen LogP contribution in [0, 0.1) is 0 Å². The normalized spacial score (nSPS) is 10.7. The van der Waals surface area contributed by atoms with E-state index in [1.54, 1.807) is 24.5 Å². The fourth-order valence-electron chi connectivity index (χ4n) is 1.40. The fourth-order valence-corrected chi connectivity index (χ4v) is 1.40. The Morgan fingerprint density at radius 2 is 2.06 bits per heavy atom. The van der Waals surface area contributed by atoms with Crippen LogP contribution in [0.1, 0.15) is 5.69 Å². The topological polar surface area (TPSA) is 34.5 Å². The molecule has 1 aromatic heterocycles. The molecule has 1 aromatic carbocycles. The van der Waals surface area contributed by atoms with Crippen molar-refractivity contribution in [2.45, 2.75) is 0 Å². The van der Waals surface area contributed by atoms with E-state index in [2.05, 4.69) is 9.98 Å². The van der Waals surface area contributed by atoms with Crippen molar-refractivity contribution < 1.29 is 9.13 Å². The lowest BCUT2D eigenvalue weighted by Gasteiger charge is -2.03. The number of rotatable bonds is 5. The van der Waals surface area contributed by atoms with Crippen LogP contribution < -0.4 is 4.74 Å². The molecule has 0 aliphatic carbocycles. The van der Waals surface area contributed by atoms with Crippen molar-refractivity contribution in [3.8, 4) is 5.75 Å². The highest BCUT2D eigenvalue weighted by molar-refractivity contribution is 5.79. The van der Waals surface area contributed by atoms with Gasteiger partial charge in [-0.05, 0) is 18.2 Å². The van der Waals surface area contributed by atoms with E-state index in [1.807, 2.05) is 30.3 Å². The molecule has 0 radical (unpaired) electrons. The predicted molar refractivity (Wildman–Crippen MR) is 69.4 cm³/mol. The Balaban J connectivity index is 2.07. The number of benzene rings is 1. The van der Waals surface area contributed by atoms with Crippen LogP contribution >= 0.6 is 0 Å². The van der Waals surface area contributed by atoms with Crippen molar-refractivity contribution in [1.29, 1.82) is 0 Å². The number of aliphatic imine (C=N–C) groups is 1. The van der Waals surface area contributed by atoms with Crippen LogP contribution in [0.25, 0.3) is 0 Å². The lowest BCUT2D eigenvalue weighted by molar-refractivity contribution is 0.273. The zero-order valence-corrected chi connectivity index (χ0v) is 9.79. The minimum Gasteiger partial charge on any atom is -0.491 e. The highest BCUT2D eigenvalue weighted by atomic mass is 18.2. The summed E-state index contributed by atoms with van der Waals surface area (Å²) in [5, 5.41) is 0. The van der Waals surface area contributed by atoms with E-state index < -0.39 is 6.67 Å². The van der Waals surface area contributed by atoms with Crippen LogP contribution in [0.5, 0.6) is 5.75 Å². The van der Waals surface area contributed by atoms with E-state index in [1.165, 1.54) is 0 Å². The van der Waals surface area contributed by atoms with E-state index in [0.717, 1.165) is 5.69 Å². The van der Waals surface area contributed by atoms with Gasteiger partial charge in [0.05, 0.1) is 17.6 Å². The third-order valence-corrected chi connectivity index (χ3v) is 2.20. The van der Waals surface area contributed by atoms with Crippen molar-refractivity contribution in [2.24, 2.45) is 4.99 Å². The van der Waals surface area contributed by atoms with Gasteiger partial charge in [-0.25, -0.2) is 4.39 Å². The summed E-state index contributed by atoms with van der Waals surface area (Å²) < 4.78 is 17.2. The maximum Gasteiger partial charge on any atom is 0.123 e. The minimum absolute atomic E-state index is 0.0548. The average molecular weight is 243 g/mol. The first-order chi connectivity index (χ1) is 8.88. The summed E-state index contributed by atoms with van der Waals surface area (Å²) >= 11 is 0. The van der Waals surface area contributed by atoms with Crippen LogP contribution in [-0.2, 0) is 0 Å². The molecule has 92 valence electrons. The number of nitrogens with zero attached hydrogens (tertiary/aromatic N) is 2. The van der Waals surface area contributed by atoms with E-state index in [0.29, 0.717) is 11.4 Å². The van der Waals surface area contributed by atoms with Gasteiger partial charge in [0.2, 0.25) is 0 Å². The molecule has 0 atom stereocenters. The second-order valence-electron chi connectivity index (χ2n) is 3.55. The molecule has 0 fully saturated rings. The molecule has 0 spiro atoms. The minimum atomic E-state index is -0.504. The summed E-state index contributed by atoms with van der Waals surface area (Å²) in [6, 6.07) is 13.0. The molecular weight excluding hydrogens is 230 g/mol. The summed E-state index contributed by atoms with van der Waals surface area (Å²) in [5.74, 6) is 0.595. The van der Waals surface area contributed by atoms with Crippen LogP contribution in [0.4, 0.5) is 10.1 Å². The van der Waals surface area contributed by atoms with Gasteiger partial charge in [-0.1, -0.05) is 18.2 Å². The van der Waals surface area contributed by atoms with E-state index >= 15 is 0 Å². The number of aromatic nitrogens is 1. The zero-order chi connectivity index (χ0) is 12.6. The molecule has 0 bridgehead atoms. The zero-order valence-electron chi connectivity index (χ0n) is 9.79. The molecule has 0 amide bonds. The molecule has 1 heterocycles. The highest BCUT2D eigenvalue weighted by Crippen LogP contribution is 2.12. The molecule has 2 aromatic rings. The Labute approximate surface area is 105 Å². The largest absolute Gasteiger partial charge is 0.491 e.